The van der Waals surface area contributed by atoms with E-state index in [9.17, 15) is 17.6 Å². The van der Waals surface area contributed by atoms with Gasteiger partial charge in [0.05, 0.1) is 5.39 Å². The van der Waals surface area contributed by atoms with Gasteiger partial charge >= 0.3 is 5.97 Å². The molecule has 6 nitrogen and oxygen atoms in total. The Morgan fingerprint density at radius 2 is 2.19 bits per heavy atom. The van der Waals surface area contributed by atoms with Gasteiger partial charge in [-0.15, -0.1) is 0 Å². The van der Waals surface area contributed by atoms with Crippen molar-refractivity contribution in [1.29, 1.82) is 0 Å². The maximum Gasteiger partial charge on any atom is 0.322 e. The number of carboxylic acid groups (broad SMARTS) is 1. The third-order valence-electron chi connectivity index (χ3n) is 3.54. The lowest BCUT2D eigenvalue weighted by molar-refractivity contribution is -0.140. The van der Waals surface area contributed by atoms with Crippen molar-refractivity contribution < 1.29 is 27.1 Å². The Morgan fingerprint density at radius 3 is 2.86 bits per heavy atom. The summed E-state index contributed by atoms with van der Waals surface area (Å²) in [5.41, 5.74) is 0.111. The van der Waals surface area contributed by atoms with Crippen molar-refractivity contribution >= 4 is 27.0 Å². The molecule has 3 rings (SSSR count). The van der Waals surface area contributed by atoms with Crippen molar-refractivity contribution in [3.05, 3.63) is 30.1 Å². The molecule has 0 saturated carbocycles. The summed E-state index contributed by atoms with van der Waals surface area (Å²) in [4.78, 5) is 11.1. The van der Waals surface area contributed by atoms with Gasteiger partial charge in [-0.2, -0.15) is 4.31 Å². The minimum absolute atomic E-state index is 0.0575. The molecule has 1 atom stereocenters. The molecule has 1 aliphatic heterocycles. The van der Waals surface area contributed by atoms with E-state index in [1.165, 1.54) is 18.2 Å². The topological polar surface area (TPSA) is 87.8 Å². The van der Waals surface area contributed by atoms with Gasteiger partial charge in [0.1, 0.15) is 17.4 Å². The molecular formula is C13H12FNO5S. The van der Waals surface area contributed by atoms with E-state index >= 15 is 0 Å². The third-order valence-corrected chi connectivity index (χ3v) is 5.30. The fourth-order valence-corrected chi connectivity index (χ4v) is 4.11. The van der Waals surface area contributed by atoms with E-state index in [-0.39, 0.29) is 23.9 Å². The summed E-state index contributed by atoms with van der Waals surface area (Å²) in [5.74, 6) is -1.78. The van der Waals surface area contributed by atoms with Crippen LogP contribution < -0.4 is 0 Å². The predicted octanol–water partition coefficient (Wildman–Crippen LogP) is 1.81. The van der Waals surface area contributed by atoms with Crippen LogP contribution >= 0.6 is 0 Å². The summed E-state index contributed by atoms with van der Waals surface area (Å²) >= 11 is 0. The lowest BCUT2D eigenvalue weighted by atomic mass is 10.2. The molecule has 2 heterocycles. The zero-order valence-electron chi connectivity index (χ0n) is 10.8. The van der Waals surface area contributed by atoms with E-state index in [0.717, 1.165) is 10.4 Å². The smallest absolute Gasteiger partial charge is 0.322 e. The number of halogens is 1. The first-order valence-electron chi connectivity index (χ1n) is 6.34. The predicted molar refractivity (Wildman–Crippen MR) is 70.7 cm³/mol. The fraction of sp³-hybridized carbons (Fsp3) is 0.308. The van der Waals surface area contributed by atoms with Crippen LogP contribution in [0.2, 0.25) is 0 Å². The van der Waals surface area contributed by atoms with Crippen LogP contribution in [0, 0.1) is 5.82 Å². The molecule has 21 heavy (non-hydrogen) atoms. The summed E-state index contributed by atoms with van der Waals surface area (Å²) < 4.78 is 44.6. The number of furan rings is 1. The Morgan fingerprint density at radius 1 is 1.43 bits per heavy atom. The largest absolute Gasteiger partial charge is 0.480 e. The van der Waals surface area contributed by atoms with E-state index in [4.69, 9.17) is 9.52 Å². The van der Waals surface area contributed by atoms with Gasteiger partial charge in [-0.1, -0.05) is 6.07 Å². The van der Waals surface area contributed by atoms with Crippen molar-refractivity contribution in [1.82, 2.24) is 4.31 Å². The first kappa shape index (κ1) is 14.0. The van der Waals surface area contributed by atoms with E-state index in [1.807, 2.05) is 0 Å². The van der Waals surface area contributed by atoms with Gasteiger partial charge in [0.25, 0.3) is 10.0 Å². The Bertz CT molecular complexity index is 813. The van der Waals surface area contributed by atoms with Crippen LogP contribution in [0.25, 0.3) is 11.0 Å². The summed E-state index contributed by atoms with van der Waals surface area (Å²) in [6.45, 7) is 0.110. The molecule has 0 spiro atoms. The number of fused-ring (bicyclic) bond motifs is 1. The molecule has 1 saturated heterocycles. The molecule has 0 amide bonds. The molecule has 1 aromatic carbocycles. The van der Waals surface area contributed by atoms with Crippen LogP contribution in [-0.4, -0.2) is 36.4 Å². The highest BCUT2D eigenvalue weighted by atomic mass is 32.2. The molecule has 1 aliphatic rings. The summed E-state index contributed by atoms with van der Waals surface area (Å²) in [5, 5.41) is 8.70. The second kappa shape index (κ2) is 4.81. The highest BCUT2D eigenvalue weighted by molar-refractivity contribution is 7.89. The first-order chi connectivity index (χ1) is 9.91. The normalized spacial score (nSPS) is 20.1. The number of sulfonamides is 1. The average molecular weight is 313 g/mol. The molecule has 1 fully saturated rings. The van der Waals surface area contributed by atoms with Crippen LogP contribution in [0.4, 0.5) is 4.39 Å². The molecule has 112 valence electrons. The standard InChI is InChI=1S/C13H12FNO5S/c14-9-3-1-5-11-8(9)7-12(20-11)21(18,19)15-6-2-4-10(15)13(16)17/h1,3,5,7,10H,2,4,6H2,(H,16,17)/t10-/m0/s1. The number of hydrogen-bond acceptors (Lipinski definition) is 4. The van der Waals surface area contributed by atoms with Crippen molar-refractivity contribution in [3.63, 3.8) is 0 Å². The van der Waals surface area contributed by atoms with Crippen molar-refractivity contribution in [3.8, 4) is 0 Å². The van der Waals surface area contributed by atoms with Gasteiger partial charge in [0.2, 0.25) is 5.09 Å². The molecule has 1 aromatic heterocycles. The number of hydrogen-bond donors (Lipinski definition) is 1. The molecule has 0 bridgehead atoms. The molecule has 0 unspecified atom stereocenters. The van der Waals surface area contributed by atoms with E-state index in [1.54, 1.807) is 0 Å². The Labute approximate surface area is 119 Å². The van der Waals surface area contributed by atoms with E-state index < -0.39 is 32.9 Å². The third kappa shape index (κ3) is 2.20. The molecular weight excluding hydrogens is 301 g/mol. The van der Waals surface area contributed by atoms with Crippen LogP contribution in [0.1, 0.15) is 12.8 Å². The number of aliphatic carboxylic acids is 1. The zero-order chi connectivity index (χ0) is 15.2. The second-order valence-corrected chi connectivity index (χ2v) is 6.65. The molecule has 0 aliphatic carbocycles. The maximum absolute atomic E-state index is 13.6. The molecule has 0 radical (unpaired) electrons. The minimum atomic E-state index is -4.09. The van der Waals surface area contributed by atoms with Gasteiger partial charge in [-0.3, -0.25) is 4.79 Å². The van der Waals surface area contributed by atoms with Crippen molar-refractivity contribution in [2.45, 2.75) is 24.0 Å². The lowest BCUT2D eigenvalue weighted by Crippen LogP contribution is -2.40. The van der Waals surface area contributed by atoms with Crippen LogP contribution in [0.15, 0.2) is 33.8 Å². The quantitative estimate of drug-likeness (QED) is 0.933. The number of benzene rings is 1. The Kier molecular flexibility index (Phi) is 3.22. The summed E-state index contributed by atoms with van der Waals surface area (Å²) in [7, 11) is -4.09. The fourth-order valence-electron chi connectivity index (χ4n) is 2.52. The van der Waals surface area contributed by atoms with Gasteiger partial charge in [-0.05, 0) is 25.0 Å². The number of carbonyl (C=O) groups is 1. The van der Waals surface area contributed by atoms with Gasteiger partial charge in [0.15, 0.2) is 0 Å². The van der Waals surface area contributed by atoms with Crippen LogP contribution in [-0.2, 0) is 14.8 Å². The highest BCUT2D eigenvalue weighted by Crippen LogP contribution is 2.30. The van der Waals surface area contributed by atoms with Crippen molar-refractivity contribution in [2.24, 2.45) is 0 Å². The number of nitrogens with zero attached hydrogens (tertiary/aromatic N) is 1. The molecule has 2 aromatic rings. The van der Waals surface area contributed by atoms with Gasteiger partial charge < -0.3 is 9.52 Å². The highest BCUT2D eigenvalue weighted by Gasteiger charge is 2.41. The van der Waals surface area contributed by atoms with Crippen molar-refractivity contribution in [2.75, 3.05) is 6.54 Å². The first-order valence-corrected chi connectivity index (χ1v) is 7.78. The van der Waals surface area contributed by atoms with Crippen LogP contribution in [0.3, 0.4) is 0 Å². The Balaban J connectivity index is 2.08. The SMILES string of the molecule is O=C(O)[C@@H]1CCCN1S(=O)(=O)c1cc2c(F)cccc2o1. The summed E-state index contributed by atoms with van der Waals surface area (Å²) in [6.07, 6.45) is 0.716. The Hall–Kier alpha value is -1.93. The van der Waals surface area contributed by atoms with Gasteiger partial charge in [0, 0.05) is 12.6 Å². The maximum atomic E-state index is 13.6. The second-order valence-electron chi connectivity index (χ2n) is 4.83. The zero-order valence-corrected chi connectivity index (χ0v) is 11.6. The lowest BCUT2D eigenvalue weighted by Gasteiger charge is -2.19. The molecule has 1 N–H and O–H groups in total. The minimum Gasteiger partial charge on any atom is -0.480 e. The number of carboxylic acids is 1. The monoisotopic (exact) mass is 313 g/mol. The average Bonchev–Trinajstić information content (AvgIpc) is 3.06. The van der Waals surface area contributed by atoms with E-state index in [0.29, 0.717) is 6.42 Å². The molecule has 8 heteroatoms. The number of rotatable bonds is 3. The van der Waals surface area contributed by atoms with Crippen LogP contribution in [0.5, 0.6) is 0 Å². The van der Waals surface area contributed by atoms with Gasteiger partial charge in [-0.25, -0.2) is 12.8 Å². The summed E-state index contributed by atoms with van der Waals surface area (Å²) in [6, 6.07) is 4.05. The van der Waals surface area contributed by atoms with E-state index in [2.05, 4.69) is 0 Å².